The molecule has 0 aliphatic heterocycles. The van der Waals surface area contributed by atoms with Crippen LogP contribution in [0.25, 0.3) is 0 Å². The molecule has 0 spiro atoms. The summed E-state index contributed by atoms with van der Waals surface area (Å²) in [7, 11) is 1.58. The van der Waals surface area contributed by atoms with E-state index in [1.807, 2.05) is 27.7 Å². The van der Waals surface area contributed by atoms with E-state index in [2.05, 4.69) is 0 Å². The summed E-state index contributed by atoms with van der Waals surface area (Å²) in [5.74, 6) is -1.93. The second kappa shape index (κ2) is 6.40. The Balaban J connectivity index is 4.97. The Bertz CT molecular complexity index is 346. The number of carboxylic acids is 1. The number of amides is 3. The van der Waals surface area contributed by atoms with Gasteiger partial charge in [0.2, 0.25) is 5.91 Å². The summed E-state index contributed by atoms with van der Waals surface area (Å²) in [6.45, 7) is 6.81. The van der Waals surface area contributed by atoms with Gasteiger partial charge in [0.25, 0.3) is 0 Å². The smallest absolute Gasteiger partial charge is 0.323 e. The Morgan fingerprint density at radius 1 is 1.21 bits per heavy atom. The second-order valence-corrected chi connectivity index (χ2v) is 5.65. The predicted molar refractivity (Wildman–Crippen MR) is 70.5 cm³/mol. The van der Waals surface area contributed by atoms with Crippen LogP contribution in [0.3, 0.4) is 0 Å². The Kier molecular flexibility index (Phi) is 5.80. The average molecular weight is 273 g/mol. The maximum absolute atomic E-state index is 12.2. The number of urea groups is 1. The molecule has 0 aromatic heterocycles. The number of carbonyl (C=O) groups is 3. The van der Waals surface area contributed by atoms with Gasteiger partial charge >= 0.3 is 12.0 Å². The molecular weight excluding hydrogens is 250 g/mol. The predicted octanol–water partition coefficient (Wildman–Crippen LogP) is 0.345. The maximum atomic E-state index is 12.2. The number of rotatable bonds is 5. The molecule has 0 aliphatic rings. The van der Waals surface area contributed by atoms with Gasteiger partial charge in [0.15, 0.2) is 0 Å². The molecule has 1 atom stereocenters. The SMILES string of the molecule is CC(N(C)C(=O)N(CC(N)=O)CC(=O)O)C(C)(C)C. The zero-order valence-corrected chi connectivity index (χ0v) is 12.1. The Labute approximate surface area is 113 Å². The molecule has 3 N–H and O–H groups in total. The van der Waals surface area contributed by atoms with E-state index in [0.717, 1.165) is 4.90 Å². The third-order valence-corrected chi connectivity index (χ3v) is 3.08. The summed E-state index contributed by atoms with van der Waals surface area (Å²) in [6, 6.07) is -0.646. The highest BCUT2D eigenvalue weighted by molar-refractivity contribution is 5.86. The van der Waals surface area contributed by atoms with E-state index in [0.29, 0.717) is 0 Å². The van der Waals surface area contributed by atoms with E-state index in [-0.39, 0.29) is 11.5 Å². The molecule has 0 rings (SSSR count). The molecule has 0 aromatic carbocycles. The second-order valence-electron chi connectivity index (χ2n) is 5.65. The molecular formula is C12H23N3O4. The van der Waals surface area contributed by atoms with Crippen LogP contribution in [0.15, 0.2) is 0 Å². The molecule has 7 nitrogen and oxygen atoms in total. The Morgan fingerprint density at radius 2 is 1.68 bits per heavy atom. The van der Waals surface area contributed by atoms with E-state index >= 15 is 0 Å². The van der Waals surface area contributed by atoms with Gasteiger partial charge in [0.05, 0.1) is 0 Å². The standard InChI is InChI=1S/C12H23N3O4/c1-8(12(2,3)4)14(5)11(19)15(6-9(13)16)7-10(17)18/h8H,6-7H2,1-5H3,(H2,13,16)(H,17,18). The molecule has 0 heterocycles. The largest absolute Gasteiger partial charge is 0.480 e. The minimum absolute atomic E-state index is 0.121. The fraction of sp³-hybridized carbons (Fsp3) is 0.750. The zero-order valence-electron chi connectivity index (χ0n) is 12.1. The van der Waals surface area contributed by atoms with Gasteiger partial charge in [-0.2, -0.15) is 0 Å². The van der Waals surface area contributed by atoms with Crippen LogP contribution in [-0.4, -0.2) is 59.0 Å². The highest BCUT2D eigenvalue weighted by Crippen LogP contribution is 2.23. The third kappa shape index (κ3) is 5.58. The number of carbonyl (C=O) groups excluding carboxylic acids is 2. The van der Waals surface area contributed by atoms with Crippen molar-refractivity contribution >= 4 is 17.9 Å². The van der Waals surface area contributed by atoms with Gasteiger partial charge < -0.3 is 20.6 Å². The van der Waals surface area contributed by atoms with Crippen molar-refractivity contribution in [1.29, 1.82) is 0 Å². The Hall–Kier alpha value is -1.79. The highest BCUT2D eigenvalue weighted by atomic mass is 16.4. The average Bonchev–Trinajstić information content (AvgIpc) is 2.22. The number of hydrogen-bond donors (Lipinski definition) is 2. The monoisotopic (exact) mass is 273 g/mol. The number of nitrogens with zero attached hydrogens (tertiary/aromatic N) is 2. The molecule has 0 aliphatic carbocycles. The minimum Gasteiger partial charge on any atom is -0.480 e. The number of aliphatic carboxylic acids is 1. The van der Waals surface area contributed by atoms with E-state index in [1.165, 1.54) is 4.90 Å². The number of hydrogen-bond acceptors (Lipinski definition) is 3. The van der Waals surface area contributed by atoms with Gasteiger partial charge in [-0.05, 0) is 12.3 Å². The van der Waals surface area contributed by atoms with E-state index in [4.69, 9.17) is 10.8 Å². The molecule has 0 aromatic rings. The summed E-state index contributed by atoms with van der Waals surface area (Å²) < 4.78 is 0. The molecule has 0 saturated carbocycles. The van der Waals surface area contributed by atoms with Gasteiger partial charge in [-0.3, -0.25) is 9.59 Å². The van der Waals surface area contributed by atoms with E-state index < -0.39 is 31.0 Å². The molecule has 0 saturated heterocycles. The number of primary amides is 1. The molecule has 1 unspecified atom stereocenters. The van der Waals surface area contributed by atoms with Gasteiger partial charge in [0.1, 0.15) is 13.1 Å². The quantitative estimate of drug-likeness (QED) is 0.753. The third-order valence-electron chi connectivity index (χ3n) is 3.08. The van der Waals surface area contributed by atoms with Crippen molar-refractivity contribution in [2.75, 3.05) is 20.1 Å². The van der Waals surface area contributed by atoms with Crippen LogP contribution in [0.5, 0.6) is 0 Å². The molecule has 0 fully saturated rings. The van der Waals surface area contributed by atoms with Gasteiger partial charge in [-0.15, -0.1) is 0 Å². The summed E-state index contributed by atoms with van der Waals surface area (Å²) in [6.07, 6.45) is 0. The molecule has 7 heteroatoms. The fourth-order valence-corrected chi connectivity index (χ4v) is 1.51. The van der Waals surface area contributed by atoms with Crippen molar-refractivity contribution in [3.8, 4) is 0 Å². The first-order chi connectivity index (χ1) is 8.46. The summed E-state index contributed by atoms with van der Waals surface area (Å²) in [4.78, 5) is 36.2. The zero-order chi connectivity index (χ0) is 15.4. The molecule has 19 heavy (non-hydrogen) atoms. The lowest BCUT2D eigenvalue weighted by Crippen LogP contribution is -2.52. The maximum Gasteiger partial charge on any atom is 0.323 e. The van der Waals surface area contributed by atoms with Crippen molar-refractivity contribution in [3.05, 3.63) is 0 Å². The fourth-order valence-electron chi connectivity index (χ4n) is 1.51. The van der Waals surface area contributed by atoms with Crippen molar-refractivity contribution in [2.45, 2.75) is 33.7 Å². The lowest BCUT2D eigenvalue weighted by atomic mass is 9.87. The first-order valence-corrected chi connectivity index (χ1v) is 5.98. The van der Waals surface area contributed by atoms with Crippen LogP contribution in [0, 0.1) is 5.41 Å². The molecule has 0 bridgehead atoms. The topological polar surface area (TPSA) is 104 Å². The van der Waals surface area contributed by atoms with Crippen molar-refractivity contribution in [2.24, 2.45) is 11.1 Å². The van der Waals surface area contributed by atoms with Crippen LogP contribution in [0.4, 0.5) is 4.79 Å². The first-order valence-electron chi connectivity index (χ1n) is 5.98. The lowest BCUT2D eigenvalue weighted by Gasteiger charge is -2.37. The highest BCUT2D eigenvalue weighted by Gasteiger charge is 2.30. The van der Waals surface area contributed by atoms with Gasteiger partial charge in [-0.25, -0.2) is 4.79 Å². The minimum atomic E-state index is -1.19. The van der Waals surface area contributed by atoms with Gasteiger partial charge in [-0.1, -0.05) is 20.8 Å². The van der Waals surface area contributed by atoms with Crippen molar-refractivity contribution in [1.82, 2.24) is 9.80 Å². The Morgan fingerprint density at radius 3 is 2.00 bits per heavy atom. The van der Waals surface area contributed by atoms with Gasteiger partial charge in [0, 0.05) is 13.1 Å². The van der Waals surface area contributed by atoms with Crippen LogP contribution in [-0.2, 0) is 9.59 Å². The normalized spacial score (nSPS) is 12.7. The van der Waals surface area contributed by atoms with Crippen LogP contribution in [0.1, 0.15) is 27.7 Å². The lowest BCUT2D eigenvalue weighted by molar-refractivity contribution is -0.138. The van der Waals surface area contributed by atoms with E-state index in [1.54, 1.807) is 7.05 Å². The summed E-state index contributed by atoms with van der Waals surface area (Å²) in [5, 5.41) is 8.76. The molecule has 110 valence electrons. The molecule has 0 radical (unpaired) electrons. The summed E-state index contributed by atoms with van der Waals surface area (Å²) >= 11 is 0. The van der Waals surface area contributed by atoms with Crippen LogP contribution >= 0.6 is 0 Å². The molecule has 3 amide bonds. The number of carboxylic acid groups (broad SMARTS) is 1. The van der Waals surface area contributed by atoms with Crippen LogP contribution < -0.4 is 5.73 Å². The number of nitrogens with two attached hydrogens (primary N) is 1. The van der Waals surface area contributed by atoms with E-state index in [9.17, 15) is 14.4 Å². The van der Waals surface area contributed by atoms with Crippen molar-refractivity contribution < 1.29 is 19.5 Å². The van der Waals surface area contributed by atoms with Crippen LogP contribution in [0.2, 0.25) is 0 Å². The first kappa shape index (κ1) is 17.2. The summed E-state index contributed by atoms with van der Waals surface area (Å²) in [5.41, 5.74) is 4.86. The van der Waals surface area contributed by atoms with Crippen molar-refractivity contribution in [3.63, 3.8) is 0 Å².